The van der Waals surface area contributed by atoms with E-state index >= 15 is 0 Å². The van der Waals surface area contributed by atoms with Crippen LogP contribution in [0.1, 0.15) is 25.7 Å². The van der Waals surface area contributed by atoms with Crippen molar-refractivity contribution < 1.29 is 14.7 Å². The summed E-state index contributed by atoms with van der Waals surface area (Å²) in [5, 5.41) is 9.82. The second-order valence-electron chi connectivity index (χ2n) is 2.70. The first kappa shape index (κ1) is 8.33. The number of hydrogen-bond donors (Lipinski definition) is 1. The fourth-order valence-corrected chi connectivity index (χ4v) is 1.24. The van der Waals surface area contributed by atoms with Crippen LogP contribution in [0.3, 0.4) is 0 Å². The van der Waals surface area contributed by atoms with Gasteiger partial charge in [-0.25, -0.2) is 4.79 Å². The summed E-state index contributed by atoms with van der Waals surface area (Å²) in [5.41, 5.74) is 0. The predicted octanol–water partition coefficient (Wildman–Crippen LogP) is 1.47. The number of carbonyl (C=O) groups is 1. The van der Waals surface area contributed by atoms with Gasteiger partial charge in [-0.3, -0.25) is 0 Å². The quantitative estimate of drug-likeness (QED) is 0.629. The van der Waals surface area contributed by atoms with E-state index in [9.17, 15) is 4.79 Å². The molecule has 0 aromatic rings. The second kappa shape index (κ2) is 4.18. The summed E-state index contributed by atoms with van der Waals surface area (Å²) in [6, 6.07) is 0. The van der Waals surface area contributed by atoms with Gasteiger partial charge in [0.05, 0.1) is 0 Å². The molecule has 0 saturated carbocycles. The first-order chi connectivity index (χ1) is 5.29. The van der Waals surface area contributed by atoms with Crippen LogP contribution in [0.15, 0.2) is 0 Å². The van der Waals surface area contributed by atoms with Gasteiger partial charge in [-0.15, -0.1) is 5.06 Å². The van der Waals surface area contributed by atoms with Crippen LogP contribution in [0.4, 0.5) is 4.79 Å². The molecule has 11 heavy (non-hydrogen) atoms. The fraction of sp³-hybridized carbons (Fsp3) is 0.857. The predicted molar refractivity (Wildman–Crippen MR) is 39.2 cm³/mol. The molecule has 0 aromatic carbocycles. The van der Waals surface area contributed by atoms with Crippen molar-refractivity contribution in [2.75, 3.05) is 13.1 Å². The van der Waals surface area contributed by atoms with Crippen molar-refractivity contribution in [1.82, 2.24) is 5.06 Å². The zero-order valence-electron chi connectivity index (χ0n) is 6.45. The molecule has 1 rings (SSSR count). The largest absolute Gasteiger partial charge is 0.525 e. The molecule has 1 aliphatic rings. The average molecular weight is 159 g/mol. The monoisotopic (exact) mass is 159 g/mol. The second-order valence-corrected chi connectivity index (χ2v) is 2.70. The Bertz CT molecular complexity index is 130. The van der Waals surface area contributed by atoms with Gasteiger partial charge < -0.3 is 9.94 Å². The van der Waals surface area contributed by atoms with E-state index in [1.165, 1.54) is 17.9 Å². The molecule has 1 saturated heterocycles. The minimum atomic E-state index is -1.20. The third kappa shape index (κ3) is 3.23. The van der Waals surface area contributed by atoms with Crippen LogP contribution in [0, 0.1) is 0 Å². The topological polar surface area (TPSA) is 49.8 Å². The van der Waals surface area contributed by atoms with E-state index in [1.54, 1.807) is 0 Å². The van der Waals surface area contributed by atoms with Crippen molar-refractivity contribution in [3.63, 3.8) is 0 Å². The minimum absolute atomic E-state index is 0.742. The SMILES string of the molecule is O=C(O)ON1CCCCCC1. The molecule has 1 heterocycles. The van der Waals surface area contributed by atoms with Crippen LogP contribution in [-0.2, 0) is 4.84 Å². The summed E-state index contributed by atoms with van der Waals surface area (Å²) >= 11 is 0. The summed E-state index contributed by atoms with van der Waals surface area (Å²) in [5.74, 6) is 0. The normalized spacial score (nSPS) is 20.7. The third-order valence-corrected chi connectivity index (χ3v) is 1.77. The van der Waals surface area contributed by atoms with E-state index in [4.69, 9.17) is 5.11 Å². The van der Waals surface area contributed by atoms with Gasteiger partial charge in [-0.2, -0.15) is 0 Å². The van der Waals surface area contributed by atoms with Gasteiger partial charge in [0.15, 0.2) is 0 Å². The molecular formula is C7H13NO3. The van der Waals surface area contributed by atoms with Gasteiger partial charge >= 0.3 is 6.16 Å². The van der Waals surface area contributed by atoms with E-state index < -0.39 is 6.16 Å². The fourth-order valence-electron chi connectivity index (χ4n) is 1.24. The van der Waals surface area contributed by atoms with Gasteiger partial charge in [0.2, 0.25) is 0 Å². The molecule has 4 nitrogen and oxygen atoms in total. The lowest BCUT2D eigenvalue weighted by Crippen LogP contribution is -2.27. The minimum Gasteiger partial charge on any atom is -0.448 e. The van der Waals surface area contributed by atoms with Gasteiger partial charge in [0.1, 0.15) is 0 Å². The molecule has 1 N–H and O–H groups in total. The van der Waals surface area contributed by atoms with Crippen LogP contribution in [-0.4, -0.2) is 29.4 Å². The number of hydroxylamine groups is 2. The van der Waals surface area contributed by atoms with E-state index in [2.05, 4.69) is 4.84 Å². The van der Waals surface area contributed by atoms with Crippen LogP contribution in [0.5, 0.6) is 0 Å². The lowest BCUT2D eigenvalue weighted by Gasteiger charge is -2.15. The Balaban J connectivity index is 2.25. The van der Waals surface area contributed by atoms with Crippen molar-refractivity contribution >= 4 is 6.16 Å². The molecule has 0 aliphatic carbocycles. The Hall–Kier alpha value is -0.770. The van der Waals surface area contributed by atoms with Gasteiger partial charge in [0.25, 0.3) is 0 Å². The molecular weight excluding hydrogens is 146 g/mol. The maximum Gasteiger partial charge on any atom is 0.525 e. The molecule has 1 fully saturated rings. The summed E-state index contributed by atoms with van der Waals surface area (Å²) in [7, 11) is 0. The molecule has 1 aliphatic heterocycles. The first-order valence-electron chi connectivity index (χ1n) is 3.95. The van der Waals surface area contributed by atoms with Gasteiger partial charge in [-0.1, -0.05) is 12.8 Å². The molecule has 0 spiro atoms. The standard InChI is InChI=1S/C7H13NO3/c9-7(10)11-8-5-3-1-2-4-6-8/h1-6H2,(H,9,10). The molecule has 0 unspecified atom stereocenters. The highest BCUT2D eigenvalue weighted by molar-refractivity contribution is 5.56. The summed E-state index contributed by atoms with van der Waals surface area (Å²) in [4.78, 5) is 14.6. The zero-order valence-corrected chi connectivity index (χ0v) is 6.45. The van der Waals surface area contributed by atoms with E-state index in [1.807, 2.05) is 0 Å². The Morgan fingerprint density at radius 1 is 1.18 bits per heavy atom. The molecule has 64 valence electrons. The molecule has 0 aromatic heterocycles. The van der Waals surface area contributed by atoms with E-state index in [-0.39, 0.29) is 0 Å². The summed E-state index contributed by atoms with van der Waals surface area (Å²) in [6.07, 6.45) is 3.23. The molecule has 0 radical (unpaired) electrons. The summed E-state index contributed by atoms with van der Waals surface area (Å²) in [6.45, 7) is 1.48. The van der Waals surface area contributed by atoms with Crippen LogP contribution >= 0.6 is 0 Å². The maximum atomic E-state index is 10.1. The molecule has 0 bridgehead atoms. The van der Waals surface area contributed by atoms with Crippen LogP contribution < -0.4 is 0 Å². The Morgan fingerprint density at radius 2 is 1.73 bits per heavy atom. The first-order valence-corrected chi connectivity index (χ1v) is 3.95. The number of rotatable bonds is 1. The maximum absolute atomic E-state index is 10.1. The highest BCUT2D eigenvalue weighted by atomic mass is 16.8. The van der Waals surface area contributed by atoms with Crippen molar-refractivity contribution in [1.29, 1.82) is 0 Å². The lowest BCUT2D eigenvalue weighted by molar-refractivity contribution is -0.117. The van der Waals surface area contributed by atoms with Gasteiger partial charge in [-0.05, 0) is 12.8 Å². The Kier molecular flexibility index (Phi) is 3.16. The molecule has 0 atom stereocenters. The number of nitrogens with zero attached hydrogens (tertiary/aromatic N) is 1. The van der Waals surface area contributed by atoms with Crippen molar-refractivity contribution in [3.8, 4) is 0 Å². The van der Waals surface area contributed by atoms with Gasteiger partial charge in [0, 0.05) is 13.1 Å². The highest BCUT2D eigenvalue weighted by Crippen LogP contribution is 2.09. The number of hydrogen-bond acceptors (Lipinski definition) is 3. The highest BCUT2D eigenvalue weighted by Gasteiger charge is 2.12. The van der Waals surface area contributed by atoms with Crippen molar-refractivity contribution in [2.24, 2.45) is 0 Å². The molecule has 0 amide bonds. The van der Waals surface area contributed by atoms with Crippen molar-refractivity contribution in [3.05, 3.63) is 0 Å². The smallest absolute Gasteiger partial charge is 0.448 e. The van der Waals surface area contributed by atoms with Crippen LogP contribution in [0.25, 0.3) is 0 Å². The Morgan fingerprint density at radius 3 is 2.18 bits per heavy atom. The Labute approximate surface area is 65.7 Å². The number of carboxylic acid groups (broad SMARTS) is 1. The average Bonchev–Trinajstić information content (AvgIpc) is 2.14. The molecule has 4 heteroatoms. The lowest BCUT2D eigenvalue weighted by atomic mass is 10.2. The van der Waals surface area contributed by atoms with E-state index in [0.717, 1.165) is 25.9 Å². The van der Waals surface area contributed by atoms with E-state index in [0.29, 0.717) is 0 Å². The zero-order chi connectivity index (χ0) is 8.10. The van der Waals surface area contributed by atoms with Crippen LogP contribution in [0.2, 0.25) is 0 Å². The third-order valence-electron chi connectivity index (χ3n) is 1.77. The summed E-state index contributed by atoms with van der Waals surface area (Å²) < 4.78 is 0. The van der Waals surface area contributed by atoms with Crippen molar-refractivity contribution in [2.45, 2.75) is 25.7 Å².